The first kappa shape index (κ1) is 26.2. The molecule has 40 heavy (non-hydrogen) atoms. The van der Waals surface area contributed by atoms with Gasteiger partial charge < -0.3 is 19.9 Å². The number of carbonyl (C=O) groups is 2. The fourth-order valence-corrected chi connectivity index (χ4v) is 6.00. The largest absolute Gasteiger partial charge is 0.487 e. The number of hydrogen-bond donors (Lipinski definition) is 1. The van der Waals surface area contributed by atoms with E-state index in [1.807, 2.05) is 0 Å². The first-order chi connectivity index (χ1) is 19.3. The summed E-state index contributed by atoms with van der Waals surface area (Å²) in [4.78, 5) is 39.3. The van der Waals surface area contributed by atoms with Crippen molar-refractivity contribution in [3.8, 4) is 5.75 Å². The van der Waals surface area contributed by atoms with Crippen LogP contribution in [0.15, 0.2) is 48.5 Å². The first-order valence-corrected chi connectivity index (χ1v) is 13.7. The van der Waals surface area contributed by atoms with Crippen molar-refractivity contribution in [3.05, 3.63) is 77.0 Å². The summed E-state index contributed by atoms with van der Waals surface area (Å²) in [5, 5.41) is 3.49. The van der Waals surface area contributed by atoms with E-state index in [9.17, 15) is 18.4 Å². The quantitative estimate of drug-likeness (QED) is 0.464. The highest BCUT2D eigenvalue weighted by molar-refractivity contribution is 6.04. The number of amides is 1. The first-order valence-electron chi connectivity index (χ1n) is 13.7. The molecule has 1 amide bonds. The van der Waals surface area contributed by atoms with E-state index < -0.39 is 11.2 Å². The molecule has 10 heteroatoms. The minimum atomic E-state index is -0.887. The number of rotatable bonds is 6. The van der Waals surface area contributed by atoms with Crippen molar-refractivity contribution in [1.82, 2.24) is 14.9 Å². The van der Waals surface area contributed by atoms with Crippen molar-refractivity contribution >= 4 is 23.5 Å². The molecule has 3 aliphatic heterocycles. The molecule has 2 saturated heterocycles. The van der Waals surface area contributed by atoms with Gasteiger partial charge in [0, 0.05) is 51.1 Å². The zero-order valence-electron chi connectivity index (χ0n) is 22.3. The van der Waals surface area contributed by atoms with E-state index in [0.29, 0.717) is 81.4 Å². The maximum Gasteiger partial charge on any atom is 0.227 e. The lowest BCUT2D eigenvalue weighted by atomic mass is 9.68. The summed E-state index contributed by atoms with van der Waals surface area (Å²) < 4.78 is 33.3. The van der Waals surface area contributed by atoms with Crippen LogP contribution in [-0.2, 0) is 16.6 Å². The van der Waals surface area contributed by atoms with Crippen LogP contribution in [0, 0.1) is 11.6 Å². The number of hydrogen-bond acceptors (Lipinski definition) is 7. The molecule has 1 aromatic heterocycles. The number of anilines is 2. The lowest BCUT2D eigenvalue weighted by Crippen LogP contribution is -2.48. The second kappa shape index (κ2) is 10.5. The monoisotopic (exact) mass is 547 g/mol. The Hall–Kier alpha value is -4.08. The second-order valence-electron chi connectivity index (χ2n) is 10.8. The molecule has 2 fully saturated rings. The second-order valence-corrected chi connectivity index (χ2v) is 10.8. The Balaban J connectivity index is 1.27. The minimum absolute atomic E-state index is 0.0552. The van der Waals surface area contributed by atoms with E-state index in [-0.39, 0.29) is 23.5 Å². The van der Waals surface area contributed by atoms with Crippen molar-refractivity contribution in [1.29, 1.82) is 0 Å². The Labute approximate surface area is 231 Å². The van der Waals surface area contributed by atoms with Gasteiger partial charge in [-0.25, -0.2) is 13.8 Å². The molecule has 0 radical (unpaired) electrons. The van der Waals surface area contributed by atoms with Gasteiger partial charge in [0.2, 0.25) is 11.9 Å². The van der Waals surface area contributed by atoms with Gasteiger partial charge in [-0.05, 0) is 61.2 Å². The van der Waals surface area contributed by atoms with E-state index in [0.717, 1.165) is 11.3 Å². The average molecular weight is 548 g/mol. The Morgan fingerprint density at radius 3 is 2.35 bits per heavy atom. The van der Waals surface area contributed by atoms with Gasteiger partial charge >= 0.3 is 0 Å². The number of fused-ring (bicyclic) bond motifs is 1. The van der Waals surface area contributed by atoms with Crippen molar-refractivity contribution in [2.45, 2.75) is 43.6 Å². The van der Waals surface area contributed by atoms with Crippen molar-refractivity contribution in [2.24, 2.45) is 0 Å². The van der Waals surface area contributed by atoms with Gasteiger partial charge in [-0.1, -0.05) is 12.1 Å². The molecule has 6 rings (SSSR count). The number of Topliss-reactive ketones (excluding diaryl/α,β-unsaturated/α-hetero) is 1. The third kappa shape index (κ3) is 4.87. The minimum Gasteiger partial charge on any atom is -0.487 e. The third-order valence-electron chi connectivity index (χ3n) is 8.31. The van der Waals surface area contributed by atoms with Gasteiger partial charge in [-0.3, -0.25) is 9.59 Å². The highest BCUT2D eigenvalue weighted by atomic mass is 19.1. The predicted molar refractivity (Wildman–Crippen MR) is 146 cm³/mol. The van der Waals surface area contributed by atoms with Crippen LogP contribution in [0.3, 0.4) is 0 Å². The summed E-state index contributed by atoms with van der Waals surface area (Å²) in [6, 6.07) is 11.7. The fraction of sp³-hybridized carbons (Fsp3) is 0.400. The number of carbonyl (C=O) groups excluding carboxylic acids is 2. The van der Waals surface area contributed by atoms with Gasteiger partial charge in [0.05, 0.1) is 17.7 Å². The maximum absolute atomic E-state index is 13.9. The molecule has 0 aliphatic carbocycles. The molecule has 1 N–H and O–H groups in total. The van der Waals surface area contributed by atoms with Crippen LogP contribution in [0.25, 0.3) is 0 Å². The Kier molecular flexibility index (Phi) is 6.85. The van der Waals surface area contributed by atoms with Crippen LogP contribution in [0.4, 0.5) is 20.5 Å². The van der Waals surface area contributed by atoms with Crippen LogP contribution in [0.1, 0.15) is 47.3 Å². The molecular weight excluding hydrogens is 516 g/mol. The van der Waals surface area contributed by atoms with Crippen LogP contribution < -0.4 is 15.0 Å². The van der Waals surface area contributed by atoms with Crippen LogP contribution >= 0.6 is 0 Å². The average Bonchev–Trinajstić information content (AvgIpc) is 3.45. The summed E-state index contributed by atoms with van der Waals surface area (Å²) in [6.45, 7) is 2.13. The van der Waals surface area contributed by atoms with Gasteiger partial charge in [-0.2, -0.15) is 4.98 Å². The summed E-state index contributed by atoms with van der Waals surface area (Å²) in [6.07, 6.45) is 2.80. The molecule has 0 bridgehead atoms. The molecule has 0 spiro atoms. The number of ether oxygens (including phenoxy) is 1. The third-order valence-corrected chi connectivity index (χ3v) is 8.31. The molecule has 208 valence electrons. The van der Waals surface area contributed by atoms with Gasteiger partial charge in [-0.15, -0.1) is 0 Å². The highest BCUT2D eigenvalue weighted by Gasteiger charge is 2.44. The topological polar surface area (TPSA) is 87.7 Å². The van der Waals surface area contributed by atoms with Crippen molar-refractivity contribution in [3.63, 3.8) is 0 Å². The molecule has 3 aliphatic rings. The van der Waals surface area contributed by atoms with Crippen LogP contribution in [0.5, 0.6) is 5.75 Å². The van der Waals surface area contributed by atoms with Crippen molar-refractivity contribution < 1.29 is 23.1 Å². The predicted octanol–water partition coefficient (Wildman–Crippen LogP) is 4.14. The molecule has 3 aromatic rings. The molecule has 8 nitrogen and oxygen atoms in total. The highest BCUT2D eigenvalue weighted by Crippen LogP contribution is 2.41. The summed E-state index contributed by atoms with van der Waals surface area (Å²) in [5.41, 5.74) is 1.12. The normalized spacial score (nSPS) is 20.2. The number of likely N-dealkylation sites (tertiary alicyclic amines) is 1. The number of piperidine rings is 2. The standard InChI is InChI=1S/C30H31F2N5O3/c1-36-18-23(10-11-25(36)38)33-28-26-24(12-17-40-26)34-29(35-28)37-15-13-30(14-16-37,20-4-8-22(32)9-5-20)27(39)19-2-6-21(31)7-3-19/h2-9,23H,10-18H2,1H3,(H,33,34,35)/t23-/m0/s1. The summed E-state index contributed by atoms with van der Waals surface area (Å²) in [7, 11) is 1.80. The van der Waals surface area contributed by atoms with E-state index in [1.54, 1.807) is 24.1 Å². The lowest BCUT2D eigenvalue weighted by molar-refractivity contribution is -0.132. The van der Waals surface area contributed by atoms with E-state index in [4.69, 9.17) is 14.7 Å². The zero-order valence-corrected chi connectivity index (χ0v) is 22.3. The SMILES string of the molecule is CN1C[C@@H](Nc2nc(N3CCC(C(=O)c4ccc(F)cc4)(c4ccc(F)cc4)CC3)nc3c2OCC3)CCC1=O. The molecule has 1 atom stereocenters. The molecule has 0 saturated carbocycles. The maximum atomic E-state index is 13.9. The zero-order chi connectivity index (χ0) is 27.9. The number of benzene rings is 2. The van der Waals surface area contributed by atoms with Gasteiger partial charge in [0.15, 0.2) is 17.4 Å². The molecular formula is C30H31F2N5O3. The van der Waals surface area contributed by atoms with Crippen LogP contribution in [0.2, 0.25) is 0 Å². The molecule has 2 aromatic carbocycles. The fourth-order valence-electron chi connectivity index (χ4n) is 6.00. The number of nitrogens with one attached hydrogen (secondary N) is 1. The summed E-state index contributed by atoms with van der Waals surface area (Å²) >= 11 is 0. The molecule has 4 heterocycles. The Morgan fingerprint density at radius 1 is 1.00 bits per heavy atom. The van der Waals surface area contributed by atoms with E-state index in [1.165, 1.54) is 36.4 Å². The Bertz CT molecular complexity index is 1420. The number of ketones is 1. The number of aromatic nitrogens is 2. The number of nitrogens with zero attached hydrogens (tertiary/aromatic N) is 4. The lowest BCUT2D eigenvalue weighted by Gasteiger charge is -2.41. The number of halogens is 2. The van der Waals surface area contributed by atoms with Gasteiger partial charge in [0.1, 0.15) is 11.6 Å². The van der Waals surface area contributed by atoms with Crippen LogP contribution in [-0.4, -0.2) is 65.9 Å². The number of likely N-dealkylation sites (N-methyl/N-ethyl adjacent to an activating group) is 1. The van der Waals surface area contributed by atoms with Crippen molar-refractivity contribution in [2.75, 3.05) is 43.5 Å². The van der Waals surface area contributed by atoms with E-state index in [2.05, 4.69) is 10.2 Å². The Morgan fingerprint density at radius 2 is 1.68 bits per heavy atom. The summed E-state index contributed by atoms with van der Waals surface area (Å²) in [5.74, 6) is 1.10. The molecule has 0 unspecified atom stereocenters. The van der Waals surface area contributed by atoms with Gasteiger partial charge in [0.25, 0.3) is 0 Å². The smallest absolute Gasteiger partial charge is 0.227 e. The van der Waals surface area contributed by atoms with E-state index >= 15 is 0 Å².